The van der Waals surface area contributed by atoms with Crippen molar-refractivity contribution in [1.82, 2.24) is 0 Å². The van der Waals surface area contributed by atoms with Crippen LogP contribution in [-0.4, -0.2) is 10.5 Å². The molecule has 0 aliphatic carbocycles. The minimum absolute atomic E-state index is 0.121. The minimum Gasteiger partial charge on any atom is -0.275 e. The summed E-state index contributed by atoms with van der Waals surface area (Å²) >= 11 is 5.52. The van der Waals surface area contributed by atoms with E-state index in [1.54, 1.807) is 0 Å². The summed E-state index contributed by atoms with van der Waals surface area (Å²) in [4.78, 5) is 10.7. The summed E-state index contributed by atoms with van der Waals surface area (Å²) in [5, 5.41) is 0.121. The molecule has 0 aliphatic heterocycles. The molecule has 0 saturated carbocycles. The van der Waals surface area contributed by atoms with Crippen molar-refractivity contribution in [3.05, 3.63) is 14.6 Å². The maximum absolute atomic E-state index is 10.8. The fraction of sp³-hybridized carbons (Fsp3) is 0.250. The zero-order chi connectivity index (χ0) is 7.72. The standard InChI is InChI=1S/C4H3ClO2S3/c1-10(7)4-2(5)3(6)8-9-4/h1H3. The molecule has 1 aromatic rings. The Morgan fingerprint density at radius 1 is 1.50 bits per heavy atom. The first-order chi connectivity index (χ1) is 4.63. The van der Waals surface area contributed by atoms with Crippen LogP contribution in [0.3, 0.4) is 0 Å². The topological polar surface area (TPSA) is 34.1 Å². The lowest BCUT2D eigenvalue weighted by molar-refractivity contribution is 0.688. The molecular formula is C4H3ClO2S3. The maximum atomic E-state index is 10.8. The molecule has 1 rings (SSSR count). The average Bonchev–Trinajstić information content (AvgIpc) is 2.14. The summed E-state index contributed by atoms with van der Waals surface area (Å²) in [6.45, 7) is 0. The molecule has 0 aliphatic rings. The summed E-state index contributed by atoms with van der Waals surface area (Å²) in [6.07, 6.45) is 1.50. The highest BCUT2D eigenvalue weighted by molar-refractivity contribution is 7.90. The summed E-state index contributed by atoms with van der Waals surface area (Å²) in [6, 6.07) is 0. The summed E-state index contributed by atoms with van der Waals surface area (Å²) < 4.78 is 11.1. The van der Waals surface area contributed by atoms with E-state index in [1.807, 2.05) is 0 Å². The number of hydrogen-bond donors (Lipinski definition) is 0. The van der Waals surface area contributed by atoms with Gasteiger partial charge in [-0.15, -0.1) is 0 Å². The van der Waals surface area contributed by atoms with Crippen molar-refractivity contribution in [2.75, 3.05) is 6.26 Å². The normalized spacial score (nSPS) is 13.4. The molecule has 1 aromatic heterocycles. The van der Waals surface area contributed by atoms with E-state index in [-0.39, 0.29) is 9.77 Å². The van der Waals surface area contributed by atoms with Crippen LogP contribution in [0.2, 0.25) is 5.02 Å². The zero-order valence-corrected chi connectivity index (χ0v) is 8.12. The van der Waals surface area contributed by atoms with Gasteiger partial charge in [-0.25, -0.2) is 0 Å². The third-order valence-corrected chi connectivity index (χ3v) is 5.50. The van der Waals surface area contributed by atoms with Crippen LogP contribution in [-0.2, 0) is 10.8 Å². The summed E-state index contributed by atoms with van der Waals surface area (Å²) in [5.41, 5.74) is 0. The Balaban J connectivity index is 3.31. The van der Waals surface area contributed by atoms with E-state index in [9.17, 15) is 9.00 Å². The highest BCUT2D eigenvalue weighted by Gasteiger charge is 2.10. The molecule has 1 atom stereocenters. The Labute approximate surface area is 72.3 Å². The van der Waals surface area contributed by atoms with Crippen molar-refractivity contribution in [3.63, 3.8) is 0 Å². The van der Waals surface area contributed by atoms with E-state index in [0.29, 0.717) is 4.21 Å². The lowest BCUT2D eigenvalue weighted by atomic mass is 10.8. The predicted octanol–water partition coefficient (Wildman–Crippen LogP) is 1.56. The first kappa shape index (κ1) is 8.39. The molecule has 0 N–H and O–H groups in total. The van der Waals surface area contributed by atoms with Crippen molar-refractivity contribution < 1.29 is 4.21 Å². The lowest BCUT2D eigenvalue weighted by Crippen LogP contribution is -1.91. The van der Waals surface area contributed by atoms with Crippen LogP contribution in [0.15, 0.2) is 9.00 Å². The Hall–Kier alpha value is 0.290. The minimum atomic E-state index is -1.12. The Morgan fingerprint density at radius 3 is 2.30 bits per heavy atom. The molecule has 1 heterocycles. The van der Waals surface area contributed by atoms with E-state index in [2.05, 4.69) is 0 Å². The molecule has 0 fully saturated rings. The molecule has 0 aromatic carbocycles. The second-order valence-electron chi connectivity index (χ2n) is 1.51. The fourth-order valence-corrected chi connectivity index (χ4v) is 4.71. The highest BCUT2D eigenvalue weighted by atomic mass is 35.5. The van der Waals surface area contributed by atoms with Gasteiger partial charge < -0.3 is 0 Å². The molecule has 10 heavy (non-hydrogen) atoms. The average molecular weight is 215 g/mol. The first-order valence-corrected chi connectivity index (χ1v) is 6.33. The lowest BCUT2D eigenvalue weighted by Gasteiger charge is -1.84. The van der Waals surface area contributed by atoms with E-state index < -0.39 is 10.8 Å². The van der Waals surface area contributed by atoms with Gasteiger partial charge in [-0.05, 0) is 10.3 Å². The van der Waals surface area contributed by atoms with Gasteiger partial charge in [0.25, 0.3) is 4.74 Å². The van der Waals surface area contributed by atoms with Gasteiger partial charge in [0.1, 0.15) is 9.23 Å². The van der Waals surface area contributed by atoms with Gasteiger partial charge in [-0.3, -0.25) is 9.00 Å². The first-order valence-electron chi connectivity index (χ1n) is 2.25. The molecule has 0 spiro atoms. The van der Waals surface area contributed by atoms with Gasteiger partial charge >= 0.3 is 0 Å². The van der Waals surface area contributed by atoms with Crippen molar-refractivity contribution in [1.29, 1.82) is 0 Å². The van der Waals surface area contributed by atoms with E-state index in [4.69, 9.17) is 11.6 Å². The van der Waals surface area contributed by atoms with Gasteiger partial charge in [-0.2, -0.15) is 0 Å². The number of halogens is 1. The highest BCUT2D eigenvalue weighted by Crippen LogP contribution is 2.23. The van der Waals surface area contributed by atoms with Crippen LogP contribution in [0.4, 0.5) is 0 Å². The Kier molecular flexibility index (Phi) is 2.62. The van der Waals surface area contributed by atoms with Crippen molar-refractivity contribution >= 4 is 43.1 Å². The molecule has 56 valence electrons. The van der Waals surface area contributed by atoms with Crippen LogP contribution in [0.25, 0.3) is 0 Å². The fourth-order valence-electron chi connectivity index (χ4n) is 0.406. The van der Waals surface area contributed by atoms with E-state index >= 15 is 0 Å². The van der Waals surface area contributed by atoms with Crippen LogP contribution in [0, 0.1) is 0 Å². The smallest absolute Gasteiger partial charge is 0.262 e. The van der Waals surface area contributed by atoms with Crippen LogP contribution in [0.1, 0.15) is 0 Å². The Morgan fingerprint density at radius 2 is 2.10 bits per heavy atom. The summed E-state index contributed by atoms with van der Waals surface area (Å²) in [5.74, 6) is 0. The summed E-state index contributed by atoms with van der Waals surface area (Å²) in [7, 11) is 1.08. The third-order valence-electron chi connectivity index (χ3n) is 0.813. The molecule has 1 unspecified atom stereocenters. The van der Waals surface area contributed by atoms with Gasteiger partial charge in [-0.1, -0.05) is 21.9 Å². The van der Waals surface area contributed by atoms with Gasteiger partial charge in [0.2, 0.25) is 0 Å². The van der Waals surface area contributed by atoms with Gasteiger partial charge in [0.15, 0.2) is 0 Å². The second kappa shape index (κ2) is 3.13. The number of hydrogen-bond acceptors (Lipinski definition) is 4. The van der Waals surface area contributed by atoms with Crippen molar-refractivity contribution in [2.45, 2.75) is 4.21 Å². The van der Waals surface area contributed by atoms with E-state index in [1.165, 1.54) is 16.6 Å². The monoisotopic (exact) mass is 214 g/mol. The molecule has 0 radical (unpaired) electrons. The zero-order valence-electron chi connectivity index (χ0n) is 4.92. The van der Waals surface area contributed by atoms with Gasteiger partial charge in [0.05, 0.1) is 10.8 Å². The molecule has 6 heteroatoms. The second-order valence-corrected chi connectivity index (χ2v) is 5.57. The molecular weight excluding hydrogens is 212 g/mol. The van der Waals surface area contributed by atoms with Crippen molar-refractivity contribution in [2.24, 2.45) is 0 Å². The van der Waals surface area contributed by atoms with Crippen molar-refractivity contribution in [3.8, 4) is 0 Å². The quantitative estimate of drug-likeness (QED) is 0.665. The molecule has 0 saturated heterocycles. The van der Waals surface area contributed by atoms with Crippen LogP contribution >= 0.6 is 32.3 Å². The molecule has 0 amide bonds. The molecule has 2 nitrogen and oxygen atoms in total. The maximum Gasteiger partial charge on any atom is 0.262 e. The Bertz CT molecular complexity index is 313. The largest absolute Gasteiger partial charge is 0.275 e. The number of rotatable bonds is 1. The van der Waals surface area contributed by atoms with Crippen LogP contribution < -0.4 is 4.74 Å². The van der Waals surface area contributed by atoms with Crippen LogP contribution in [0.5, 0.6) is 0 Å². The predicted molar refractivity (Wildman–Crippen MR) is 45.8 cm³/mol. The van der Waals surface area contributed by atoms with E-state index in [0.717, 1.165) is 10.3 Å². The SMILES string of the molecule is CS(=O)c1ssc(=O)c1Cl. The molecule has 0 bridgehead atoms. The van der Waals surface area contributed by atoms with Gasteiger partial charge in [0, 0.05) is 6.26 Å². The third kappa shape index (κ3) is 1.47.